The molecule has 0 radical (unpaired) electrons. The lowest BCUT2D eigenvalue weighted by Crippen LogP contribution is -2.38. The zero-order valence-corrected chi connectivity index (χ0v) is 17.0. The number of nitrogens with zero attached hydrogens (tertiary/aromatic N) is 1. The van der Waals surface area contributed by atoms with E-state index in [0.717, 1.165) is 58.0 Å². The number of hydrogen-bond donors (Lipinski definition) is 1. The van der Waals surface area contributed by atoms with Crippen molar-refractivity contribution >= 4 is 17.5 Å². The maximum absolute atomic E-state index is 12.7. The van der Waals surface area contributed by atoms with Gasteiger partial charge >= 0.3 is 0 Å². The highest BCUT2D eigenvalue weighted by molar-refractivity contribution is 6.08. The molecule has 0 unspecified atom stereocenters. The number of unbranched alkanes of at least 4 members (excludes halogenated alkanes) is 2. The molecule has 2 rings (SSSR count). The van der Waals surface area contributed by atoms with E-state index in [4.69, 9.17) is 0 Å². The lowest BCUT2D eigenvalue weighted by atomic mass is 9.79. The molecule has 0 aromatic heterocycles. The third kappa shape index (κ3) is 6.87. The molecule has 1 aliphatic heterocycles. The average molecular weight is 377 g/mol. The molecular formula is C22H36N2O3. The van der Waals surface area contributed by atoms with Crippen LogP contribution in [0.4, 0.5) is 0 Å². The van der Waals surface area contributed by atoms with Crippen molar-refractivity contribution in [3.8, 4) is 0 Å². The van der Waals surface area contributed by atoms with Crippen LogP contribution in [-0.2, 0) is 14.4 Å². The van der Waals surface area contributed by atoms with Crippen LogP contribution < -0.4 is 5.32 Å². The maximum atomic E-state index is 12.7. The molecule has 1 fully saturated rings. The van der Waals surface area contributed by atoms with E-state index in [1.165, 1.54) is 0 Å². The van der Waals surface area contributed by atoms with Crippen molar-refractivity contribution in [1.29, 1.82) is 0 Å². The molecule has 1 N–H and O–H groups in total. The minimum absolute atomic E-state index is 0.0194. The third-order valence-electron chi connectivity index (χ3n) is 5.90. The predicted octanol–water partition coefficient (Wildman–Crippen LogP) is 3.28. The quantitative estimate of drug-likeness (QED) is 0.444. The Hall–Kier alpha value is -1.49. The minimum atomic E-state index is -0.445. The largest absolute Gasteiger partial charge is 0.356 e. The average Bonchev–Trinajstić information content (AvgIpc) is 3.06. The molecule has 0 spiro atoms. The predicted molar refractivity (Wildman–Crippen MR) is 107 cm³/mol. The van der Waals surface area contributed by atoms with Crippen LogP contribution in [0.15, 0.2) is 12.2 Å². The molecule has 1 aliphatic carbocycles. The number of hydrogen-bond acceptors (Lipinski definition) is 4. The maximum Gasteiger partial charge on any atom is 0.219 e. The first-order valence-electron chi connectivity index (χ1n) is 10.8. The van der Waals surface area contributed by atoms with Gasteiger partial charge in [-0.05, 0) is 50.6 Å². The minimum Gasteiger partial charge on any atom is -0.356 e. The van der Waals surface area contributed by atoms with Crippen molar-refractivity contribution in [1.82, 2.24) is 10.2 Å². The van der Waals surface area contributed by atoms with Crippen LogP contribution in [0, 0.1) is 11.8 Å². The SMILES string of the molecule is CCCCCC(=O)NCCCN1CCC[C@@H]1CC(=O)[C@H]1C(=O)C=CC[C@@H]1C. The van der Waals surface area contributed by atoms with Gasteiger partial charge in [0.15, 0.2) is 5.78 Å². The first-order valence-corrected chi connectivity index (χ1v) is 10.8. The summed E-state index contributed by atoms with van der Waals surface area (Å²) in [6.07, 6.45) is 11.6. The van der Waals surface area contributed by atoms with Crippen molar-refractivity contribution in [2.24, 2.45) is 11.8 Å². The second-order valence-electron chi connectivity index (χ2n) is 8.16. The summed E-state index contributed by atoms with van der Waals surface area (Å²) in [6.45, 7) is 6.75. The van der Waals surface area contributed by atoms with Gasteiger partial charge < -0.3 is 5.32 Å². The number of Topliss-reactive ketones (excluding diaryl/α,β-unsaturated/α-hetero) is 1. The number of amides is 1. The second kappa shape index (κ2) is 11.4. The van der Waals surface area contributed by atoms with E-state index in [1.54, 1.807) is 6.08 Å². The zero-order chi connectivity index (χ0) is 19.6. The smallest absolute Gasteiger partial charge is 0.219 e. The molecule has 1 amide bonds. The third-order valence-corrected chi connectivity index (χ3v) is 5.90. The van der Waals surface area contributed by atoms with Crippen LogP contribution in [0.1, 0.15) is 71.6 Å². The van der Waals surface area contributed by atoms with Crippen molar-refractivity contribution < 1.29 is 14.4 Å². The number of carbonyl (C=O) groups is 3. The molecule has 152 valence electrons. The summed E-state index contributed by atoms with van der Waals surface area (Å²) >= 11 is 0. The van der Waals surface area contributed by atoms with Gasteiger partial charge in [0.1, 0.15) is 5.78 Å². The molecule has 2 aliphatic rings. The van der Waals surface area contributed by atoms with Crippen LogP contribution in [0.25, 0.3) is 0 Å². The van der Waals surface area contributed by atoms with Crippen LogP contribution in [-0.4, -0.2) is 48.0 Å². The number of nitrogens with one attached hydrogen (secondary N) is 1. The van der Waals surface area contributed by atoms with Crippen molar-refractivity contribution in [3.05, 3.63) is 12.2 Å². The molecule has 0 saturated carbocycles. The summed E-state index contributed by atoms with van der Waals surface area (Å²) in [5.74, 6) is -0.0888. The molecule has 0 bridgehead atoms. The highest BCUT2D eigenvalue weighted by Crippen LogP contribution is 2.28. The van der Waals surface area contributed by atoms with Gasteiger partial charge in [0, 0.05) is 32.0 Å². The Morgan fingerprint density at radius 3 is 2.81 bits per heavy atom. The molecular weight excluding hydrogens is 340 g/mol. The van der Waals surface area contributed by atoms with Crippen molar-refractivity contribution in [2.75, 3.05) is 19.6 Å². The summed E-state index contributed by atoms with van der Waals surface area (Å²) < 4.78 is 0. The van der Waals surface area contributed by atoms with Gasteiger partial charge in [0.05, 0.1) is 5.92 Å². The van der Waals surface area contributed by atoms with E-state index >= 15 is 0 Å². The first kappa shape index (κ1) is 21.8. The Balaban J connectivity index is 1.70. The fraction of sp³-hybridized carbons (Fsp3) is 0.773. The van der Waals surface area contributed by atoms with Crippen LogP contribution in [0.3, 0.4) is 0 Å². The molecule has 1 heterocycles. The van der Waals surface area contributed by atoms with E-state index in [-0.39, 0.29) is 29.4 Å². The molecule has 27 heavy (non-hydrogen) atoms. The molecule has 3 atom stereocenters. The van der Waals surface area contributed by atoms with Gasteiger partial charge in [-0.15, -0.1) is 0 Å². The van der Waals surface area contributed by atoms with Gasteiger partial charge in [-0.3, -0.25) is 19.3 Å². The normalized spacial score (nSPS) is 25.7. The topological polar surface area (TPSA) is 66.5 Å². The summed E-state index contributed by atoms with van der Waals surface area (Å²) in [5.41, 5.74) is 0. The molecule has 0 aromatic carbocycles. The summed E-state index contributed by atoms with van der Waals surface area (Å²) in [7, 11) is 0. The van der Waals surface area contributed by atoms with Gasteiger partial charge in [-0.25, -0.2) is 0 Å². The van der Waals surface area contributed by atoms with E-state index in [1.807, 2.05) is 13.0 Å². The summed E-state index contributed by atoms with van der Waals surface area (Å²) in [4.78, 5) is 39.0. The fourth-order valence-electron chi connectivity index (χ4n) is 4.31. The highest BCUT2D eigenvalue weighted by Gasteiger charge is 2.35. The van der Waals surface area contributed by atoms with Crippen LogP contribution in [0.2, 0.25) is 0 Å². The lowest BCUT2D eigenvalue weighted by molar-refractivity contribution is -0.133. The monoisotopic (exact) mass is 376 g/mol. The van der Waals surface area contributed by atoms with Gasteiger partial charge in [-0.2, -0.15) is 0 Å². The van der Waals surface area contributed by atoms with E-state index in [0.29, 0.717) is 19.4 Å². The molecule has 1 saturated heterocycles. The van der Waals surface area contributed by atoms with Gasteiger partial charge in [0.25, 0.3) is 0 Å². The Labute approximate surface area is 163 Å². The van der Waals surface area contributed by atoms with E-state index in [2.05, 4.69) is 17.1 Å². The standard InChI is InChI=1S/C22H36N2O3/c1-3-4-5-12-21(27)23-13-8-15-24-14-7-10-18(24)16-20(26)22-17(2)9-6-11-19(22)25/h6,11,17-18,22H,3-5,7-10,12-16H2,1-2H3,(H,23,27)/t17-,18+,22+/m0/s1. The van der Waals surface area contributed by atoms with Crippen LogP contribution >= 0.6 is 0 Å². The van der Waals surface area contributed by atoms with Crippen LogP contribution in [0.5, 0.6) is 0 Å². The van der Waals surface area contributed by atoms with Crippen molar-refractivity contribution in [2.45, 2.75) is 77.7 Å². The Bertz CT molecular complexity index is 544. The lowest BCUT2D eigenvalue weighted by Gasteiger charge is -2.27. The zero-order valence-electron chi connectivity index (χ0n) is 17.0. The number of allylic oxidation sites excluding steroid dienone is 2. The highest BCUT2D eigenvalue weighted by atomic mass is 16.2. The first-order chi connectivity index (χ1) is 13.0. The van der Waals surface area contributed by atoms with Gasteiger partial charge in [0.2, 0.25) is 5.91 Å². The van der Waals surface area contributed by atoms with Crippen molar-refractivity contribution in [3.63, 3.8) is 0 Å². The van der Waals surface area contributed by atoms with E-state index in [9.17, 15) is 14.4 Å². The number of likely N-dealkylation sites (tertiary alicyclic amines) is 1. The number of ketones is 2. The van der Waals surface area contributed by atoms with E-state index < -0.39 is 5.92 Å². The molecule has 0 aromatic rings. The molecule has 5 heteroatoms. The Morgan fingerprint density at radius 2 is 2.07 bits per heavy atom. The number of carbonyl (C=O) groups excluding carboxylic acids is 3. The summed E-state index contributed by atoms with van der Waals surface area (Å²) in [5, 5.41) is 3.00. The number of rotatable bonds is 11. The second-order valence-corrected chi connectivity index (χ2v) is 8.16. The van der Waals surface area contributed by atoms with Gasteiger partial charge in [-0.1, -0.05) is 32.8 Å². The molecule has 5 nitrogen and oxygen atoms in total. The Kier molecular flexibility index (Phi) is 9.19. The Morgan fingerprint density at radius 1 is 1.26 bits per heavy atom. The fourth-order valence-corrected chi connectivity index (χ4v) is 4.31. The summed E-state index contributed by atoms with van der Waals surface area (Å²) in [6, 6.07) is 0.253.